The minimum atomic E-state index is -4.71. The van der Waals surface area contributed by atoms with Crippen LogP contribution in [0.5, 0.6) is 0 Å². The van der Waals surface area contributed by atoms with Gasteiger partial charge in [0.2, 0.25) is 0 Å². The van der Waals surface area contributed by atoms with Crippen molar-refractivity contribution in [3.63, 3.8) is 0 Å². The van der Waals surface area contributed by atoms with E-state index < -0.39 is 17.7 Å². The Hall–Kier alpha value is -0.300. The molecule has 2 unspecified atom stereocenters. The van der Waals surface area contributed by atoms with Crippen molar-refractivity contribution in [1.29, 1.82) is 0 Å². The summed E-state index contributed by atoms with van der Waals surface area (Å²) in [5.41, 5.74) is -1.23. The second-order valence-corrected chi connectivity index (χ2v) is 10.5. The minimum absolute atomic E-state index is 0.114. The maximum absolute atomic E-state index is 12.6. The minimum Gasteiger partial charge on any atom is -0.462 e. The summed E-state index contributed by atoms with van der Waals surface area (Å²) in [5.74, 6) is 1.08. The van der Waals surface area contributed by atoms with Gasteiger partial charge < -0.3 is 4.74 Å². The van der Waals surface area contributed by atoms with Crippen molar-refractivity contribution in [1.82, 2.24) is 0 Å². The van der Waals surface area contributed by atoms with E-state index in [1.807, 2.05) is 23.5 Å². The number of thioether (sulfide) groups is 2. The third kappa shape index (κ3) is 4.18. The molecule has 0 saturated heterocycles. The average Bonchev–Trinajstić information content (AvgIpc) is 2.50. The highest BCUT2D eigenvalue weighted by atomic mass is 32.2. The van der Waals surface area contributed by atoms with Crippen LogP contribution in [-0.4, -0.2) is 35.8 Å². The van der Waals surface area contributed by atoms with Crippen LogP contribution in [0.1, 0.15) is 38.5 Å². The zero-order valence-electron chi connectivity index (χ0n) is 14.5. The Morgan fingerprint density at radius 1 is 1.20 bits per heavy atom. The molecule has 25 heavy (non-hydrogen) atoms. The van der Waals surface area contributed by atoms with Gasteiger partial charge in [0.05, 0.1) is 6.61 Å². The maximum atomic E-state index is 12.6. The normalized spacial score (nSPS) is 36.5. The van der Waals surface area contributed by atoms with Gasteiger partial charge in [0.15, 0.2) is 0 Å². The monoisotopic (exact) mass is 394 g/mol. The van der Waals surface area contributed by atoms with Crippen LogP contribution >= 0.6 is 23.5 Å². The third-order valence-electron chi connectivity index (χ3n) is 6.01. The van der Waals surface area contributed by atoms with Gasteiger partial charge >= 0.3 is 12.1 Å². The molecule has 142 valence electrons. The number of esters is 1. The molecule has 2 atom stereocenters. The first-order valence-electron chi connectivity index (χ1n) is 8.67. The number of carbonyl (C=O) groups excluding carboxylic acids is 1. The number of ether oxygens (including phenoxy) is 1. The Morgan fingerprint density at radius 3 is 2.36 bits per heavy atom. The van der Waals surface area contributed by atoms with E-state index in [2.05, 4.69) is 12.8 Å². The zero-order valence-corrected chi connectivity index (χ0v) is 16.1. The van der Waals surface area contributed by atoms with E-state index in [-0.39, 0.29) is 17.4 Å². The van der Waals surface area contributed by atoms with Crippen molar-refractivity contribution < 1.29 is 22.7 Å². The van der Waals surface area contributed by atoms with Crippen molar-refractivity contribution in [3.05, 3.63) is 12.2 Å². The van der Waals surface area contributed by atoms with E-state index in [1.54, 1.807) is 0 Å². The van der Waals surface area contributed by atoms with Gasteiger partial charge in [-0.1, -0.05) is 6.58 Å². The highest BCUT2D eigenvalue weighted by molar-refractivity contribution is 8.15. The zero-order chi connectivity index (χ0) is 18.3. The average molecular weight is 395 g/mol. The van der Waals surface area contributed by atoms with Gasteiger partial charge in [-0.2, -0.15) is 36.7 Å². The highest BCUT2D eigenvalue weighted by Gasteiger charge is 2.58. The lowest BCUT2D eigenvalue weighted by atomic mass is 9.45. The first-order valence-corrected chi connectivity index (χ1v) is 11.2. The van der Waals surface area contributed by atoms with Crippen LogP contribution < -0.4 is 0 Å². The van der Waals surface area contributed by atoms with Crippen molar-refractivity contribution in [2.45, 2.75) is 44.7 Å². The smallest absolute Gasteiger partial charge is 0.422 e. The number of rotatable bonds is 7. The third-order valence-corrected chi connectivity index (χ3v) is 8.44. The Balaban J connectivity index is 1.65. The second kappa shape index (κ2) is 7.02. The largest absolute Gasteiger partial charge is 0.462 e. The van der Waals surface area contributed by atoms with Crippen molar-refractivity contribution >= 4 is 29.5 Å². The van der Waals surface area contributed by atoms with E-state index in [1.165, 1.54) is 19.3 Å². The van der Waals surface area contributed by atoms with Crippen LogP contribution in [-0.2, 0) is 9.53 Å². The van der Waals surface area contributed by atoms with Crippen LogP contribution in [0.4, 0.5) is 13.2 Å². The molecule has 0 spiro atoms. The molecule has 4 aliphatic carbocycles. The molecule has 2 nitrogen and oxygen atoms in total. The summed E-state index contributed by atoms with van der Waals surface area (Å²) in [4.78, 5) is 11.7. The number of carbonyl (C=O) groups is 1. The van der Waals surface area contributed by atoms with Gasteiger partial charge in [-0.3, -0.25) is 0 Å². The van der Waals surface area contributed by atoms with Gasteiger partial charge in [-0.25, -0.2) is 4.79 Å². The summed E-state index contributed by atoms with van der Waals surface area (Å²) >= 11 is 3.79. The summed E-state index contributed by atoms with van der Waals surface area (Å²) in [6.45, 7) is 2.96. The summed E-state index contributed by atoms with van der Waals surface area (Å²) in [5, 5.41) is 1.07. The molecule has 7 heteroatoms. The topological polar surface area (TPSA) is 26.3 Å². The number of alkyl halides is 3. The Morgan fingerprint density at radius 2 is 1.80 bits per heavy atom. The van der Waals surface area contributed by atoms with E-state index in [0.717, 1.165) is 30.1 Å². The van der Waals surface area contributed by atoms with E-state index in [9.17, 15) is 18.0 Å². The lowest BCUT2D eigenvalue weighted by molar-refractivity contribution is -0.166. The Kier molecular flexibility index (Phi) is 5.47. The first kappa shape index (κ1) is 19.5. The summed E-state index contributed by atoms with van der Waals surface area (Å²) in [7, 11) is 0. The van der Waals surface area contributed by atoms with E-state index >= 15 is 0 Å². The number of hydrogen-bond donors (Lipinski definition) is 0. The quantitative estimate of drug-likeness (QED) is 0.254. The molecule has 0 N–H and O–H groups in total. The maximum Gasteiger partial charge on any atom is 0.422 e. The molecule has 0 aliphatic heterocycles. The lowest BCUT2D eigenvalue weighted by Crippen LogP contribution is -2.54. The predicted molar refractivity (Wildman–Crippen MR) is 96.5 cm³/mol. The molecule has 0 aromatic heterocycles. The molecule has 0 amide bonds. The van der Waals surface area contributed by atoms with Crippen LogP contribution in [0.2, 0.25) is 0 Å². The lowest BCUT2D eigenvalue weighted by Gasteiger charge is -2.62. The van der Waals surface area contributed by atoms with Gasteiger partial charge in [0, 0.05) is 10.5 Å². The molecule has 0 radical (unpaired) electrons. The fourth-order valence-electron chi connectivity index (χ4n) is 5.75. The summed E-state index contributed by atoms with van der Waals surface area (Å²) in [6.07, 6.45) is 4.05. The van der Waals surface area contributed by atoms with Gasteiger partial charge in [-0.15, -0.1) is 0 Å². The molecule has 0 aromatic carbocycles. The number of halogens is 3. The van der Waals surface area contributed by atoms with E-state index in [0.29, 0.717) is 11.8 Å². The van der Waals surface area contributed by atoms with Crippen LogP contribution in [0.15, 0.2) is 12.2 Å². The Bertz CT molecular complexity index is 533. The molecular weight excluding hydrogens is 369 g/mol. The molecule has 4 bridgehead atoms. The molecule has 0 aromatic rings. The second-order valence-electron chi connectivity index (χ2n) is 8.27. The van der Waals surface area contributed by atoms with Gasteiger partial charge in [0.25, 0.3) is 0 Å². The standard InChI is InChI=1S/C18H25F3O2S2/c1-12(18(19,20)21)15(22)23-9-16-4-13-3-14(5-16)7-17(6-13,8-16)10-25-11-24-2/h13-14H,1,3-11H2,2H3. The van der Waals surface area contributed by atoms with Gasteiger partial charge in [-0.05, 0) is 67.8 Å². The predicted octanol–water partition coefficient (Wildman–Crippen LogP) is 5.29. The van der Waals surface area contributed by atoms with Crippen molar-refractivity contribution in [2.75, 3.05) is 23.7 Å². The Labute approximate surface area is 155 Å². The molecule has 4 aliphatic rings. The number of hydrogen-bond acceptors (Lipinski definition) is 4. The molecule has 4 rings (SSSR count). The highest BCUT2D eigenvalue weighted by Crippen LogP contribution is 2.66. The SMILES string of the molecule is C=C(C(=O)OCC12CC3CC(C1)CC(CSCSC)(C3)C2)C(F)(F)F. The molecule has 0 heterocycles. The molecule has 4 fully saturated rings. The van der Waals surface area contributed by atoms with Crippen molar-refractivity contribution in [3.8, 4) is 0 Å². The van der Waals surface area contributed by atoms with Crippen LogP contribution in [0, 0.1) is 22.7 Å². The fraction of sp³-hybridized carbons (Fsp3) is 0.833. The van der Waals surface area contributed by atoms with E-state index in [4.69, 9.17) is 4.74 Å². The van der Waals surface area contributed by atoms with Gasteiger partial charge in [0.1, 0.15) is 5.57 Å². The van der Waals surface area contributed by atoms with Crippen LogP contribution in [0.25, 0.3) is 0 Å². The van der Waals surface area contributed by atoms with Crippen LogP contribution in [0.3, 0.4) is 0 Å². The van der Waals surface area contributed by atoms with Crippen molar-refractivity contribution in [2.24, 2.45) is 22.7 Å². The fourth-order valence-corrected chi connectivity index (χ4v) is 7.52. The summed E-state index contributed by atoms with van der Waals surface area (Å²) in [6, 6.07) is 0. The molecular formula is C18H25F3O2S2. The summed E-state index contributed by atoms with van der Waals surface area (Å²) < 4.78 is 43.0. The molecule has 4 saturated carbocycles. The first-order chi connectivity index (χ1) is 11.7.